The fourth-order valence-electron chi connectivity index (χ4n) is 2.25. The number of nitrogens with two attached hydrogens (primary N) is 1. The number of nitrogens with one attached hydrogen (secondary N) is 1. The molecule has 1 rings (SSSR count). The maximum absolute atomic E-state index is 12.6. The Hall–Kier alpha value is -2.57. The number of carbonyl (C=O) groups is 2. The molecular weight excluding hydrogens is 372 g/mol. The number of amides is 1. The Morgan fingerprint density at radius 1 is 1.26 bits per heavy atom. The molecule has 0 radical (unpaired) electrons. The Morgan fingerprint density at radius 3 is 2.48 bits per heavy atom. The van der Waals surface area contributed by atoms with E-state index < -0.39 is 21.1 Å². The minimum Gasteiger partial charge on any atom is -0.481 e. The summed E-state index contributed by atoms with van der Waals surface area (Å²) < 4.78 is 30.6. The largest absolute Gasteiger partial charge is 0.481 e. The molecule has 0 aliphatic carbocycles. The van der Waals surface area contributed by atoms with Crippen LogP contribution in [0.5, 0.6) is 5.75 Å². The summed E-state index contributed by atoms with van der Waals surface area (Å²) >= 11 is 0. The van der Waals surface area contributed by atoms with Crippen molar-refractivity contribution in [1.29, 1.82) is 0 Å². The predicted octanol–water partition coefficient (Wildman–Crippen LogP) is 0.561. The van der Waals surface area contributed by atoms with Crippen molar-refractivity contribution in [3.63, 3.8) is 0 Å². The van der Waals surface area contributed by atoms with E-state index in [1.807, 2.05) is 0 Å². The highest BCUT2D eigenvalue weighted by molar-refractivity contribution is 7.92. The molecule has 1 aromatic rings. The van der Waals surface area contributed by atoms with Gasteiger partial charge in [0.05, 0.1) is 11.4 Å². The van der Waals surface area contributed by atoms with Crippen LogP contribution in [-0.4, -0.2) is 50.3 Å². The van der Waals surface area contributed by atoms with Gasteiger partial charge in [-0.1, -0.05) is 5.92 Å². The molecule has 27 heavy (non-hydrogen) atoms. The maximum atomic E-state index is 12.6. The molecule has 1 unspecified atom stereocenters. The highest BCUT2D eigenvalue weighted by atomic mass is 32.2. The third-order valence-corrected chi connectivity index (χ3v) is 5.81. The van der Waals surface area contributed by atoms with Gasteiger partial charge in [0.2, 0.25) is 5.91 Å². The quantitative estimate of drug-likeness (QED) is 0.367. The van der Waals surface area contributed by atoms with Gasteiger partial charge in [-0.15, -0.1) is 5.92 Å². The zero-order valence-electron chi connectivity index (χ0n) is 15.1. The topological polar surface area (TPSA) is 136 Å². The summed E-state index contributed by atoms with van der Waals surface area (Å²) in [7, 11) is -4.04. The lowest BCUT2D eigenvalue weighted by Gasteiger charge is -2.14. The number of carbonyl (C=O) groups excluding carboxylic acids is 1. The van der Waals surface area contributed by atoms with Crippen molar-refractivity contribution in [2.75, 3.05) is 19.7 Å². The Bertz CT molecular complexity index is 793. The molecule has 0 bridgehead atoms. The van der Waals surface area contributed by atoms with Crippen molar-refractivity contribution < 1.29 is 27.9 Å². The van der Waals surface area contributed by atoms with E-state index in [0.29, 0.717) is 25.1 Å². The zero-order valence-corrected chi connectivity index (χ0v) is 15.9. The van der Waals surface area contributed by atoms with E-state index in [0.717, 1.165) is 0 Å². The van der Waals surface area contributed by atoms with Crippen LogP contribution >= 0.6 is 0 Å². The number of rotatable bonds is 11. The molecule has 8 nitrogen and oxygen atoms in total. The second-order valence-electron chi connectivity index (χ2n) is 5.61. The lowest BCUT2D eigenvalue weighted by atomic mass is 10.2. The molecule has 0 spiro atoms. The lowest BCUT2D eigenvalue weighted by Crippen LogP contribution is -2.32. The highest BCUT2D eigenvalue weighted by Crippen LogP contribution is 2.23. The molecule has 0 saturated heterocycles. The van der Waals surface area contributed by atoms with Crippen molar-refractivity contribution in [1.82, 2.24) is 5.32 Å². The molecule has 0 fully saturated rings. The van der Waals surface area contributed by atoms with E-state index in [4.69, 9.17) is 10.5 Å². The van der Waals surface area contributed by atoms with Gasteiger partial charge in [-0.25, -0.2) is 8.42 Å². The molecule has 0 saturated carbocycles. The minimum atomic E-state index is -4.04. The summed E-state index contributed by atoms with van der Waals surface area (Å²) in [5.74, 6) is 4.12. The summed E-state index contributed by atoms with van der Waals surface area (Å²) in [5.41, 5.74) is 5.16. The molecule has 0 aliphatic rings. The molecule has 0 aliphatic heterocycles. The number of sulfone groups is 1. The number of benzene rings is 1. The van der Waals surface area contributed by atoms with Gasteiger partial charge in [0.25, 0.3) is 0 Å². The summed E-state index contributed by atoms with van der Waals surface area (Å²) in [6.45, 7) is 2.05. The minimum absolute atomic E-state index is 0.0551. The van der Waals surface area contributed by atoms with Gasteiger partial charge in [-0.05, 0) is 50.5 Å². The fourth-order valence-corrected chi connectivity index (χ4v) is 3.83. The fraction of sp³-hybridized carbons (Fsp3) is 0.444. The zero-order chi connectivity index (χ0) is 20.3. The molecule has 148 valence electrons. The Morgan fingerprint density at radius 2 is 1.93 bits per heavy atom. The van der Waals surface area contributed by atoms with Crippen LogP contribution in [0.25, 0.3) is 0 Å². The van der Waals surface area contributed by atoms with E-state index in [-0.39, 0.29) is 30.4 Å². The average Bonchev–Trinajstić information content (AvgIpc) is 2.64. The Balaban J connectivity index is 2.73. The van der Waals surface area contributed by atoms with Crippen LogP contribution in [0.15, 0.2) is 29.2 Å². The summed E-state index contributed by atoms with van der Waals surface area (Å²) in [5, 5.41) is 10.3. The van der Waals surface area contributed by atoms with Crippen molar-refractivity contribution in [2.45, 2.75) is 36.3 Å². The maximum Gasteiger partial charge on any atom is 0.322 e. The number of hydrogen-bond donors (Lipinski definition) is 3. The first-order valence-corrected chi connectivity index (χ1v) is 9.93. The first kappa shape index (κ1) is 22.5. The van der Waals surface area contributed by atoms with Gasteiger partial charge in [0.1, 0.15) is 12.4 Å². The van der Waals surface area contributed by atoms with Crippen molar-refractivity contribution in [2.24, 2.45) is 5.73 Å². The van der Waals surface area contributed by atoms with Gasteiger partial charge in [-0.3, -0.25) is 9.59 Å². The van der Waals surface area contributed by atoms with Crippen LogP contribution < -0.4 is 15.8 Å². The van der Waals surface area contributed by atoms with Gasteiger partial charge < -0.3 is 20.9 Å². The molecule has 1 aromatic carbocycles. The van der Waals surface area contributed by atoms with Gasteiger partial charge in [-0.2, -0.15) is 0 Å². The number of carboxylic acid groups (broad SMARTS) is 1. The summed E-state index contributed by atoms with van der Waals surface area (Å²) in [6.07, 6.45) is 0.731. The Labute approximate surface area is 159 Å². The molecule has 1 atom stereocenters. The molecule has 4 N–H and O–H groups in total. The van der Waals surface area contributed by atoms with E-state index in [1.165, 1.54) is 24.3 Å². The lowest BCUT2D eigenvalue weighted by molar-refractivity contribution is -0.136. The average molecular weight is 396 g/mol. The number of carboxylic acids is 1. The standard InChI is InChI=1S/C18H24N2O6S/c1-2-3-12-26-14-7-9-15(10-8-14)27(24,25)16(18(22)23)6-4-5-11-20-17(21)13-19/h7-10,16H,4-6,11-13,19H2,1H3,(H,20,21)(H,22,23). The first-order valence-electron chi connectivity index (χ1n) is 8.39. The van der Waals surface area contributed by atoms with E-state index >= 15 is 0 Å². The van der Waals surface area contributed by atoms with Crippen molar-refractivity contribution in [3.8, 4) is 17.6 Å². The van der Waals surface area contributed by atoms with Crippen molar-refractivity contribution in [3.05, 3.63) is 24.3 Å². The number of ether oxygens (including phenoxy) is 1. The van der Waals surface area contributed by atoms with Crippen LogP contribution in [0.1, 0.15) is 26.2 Å². The second kappa shape index (κ2) is 11.2. The van der Waals surface area contributed by atoms with Crippen LogP contribution in [0.3, 0.4) is 0 Å². The smallest absolute Gasteiger partial charge is 0.322 e. The highest BCUT2D eigenvalue weighted by Gasteiger charge is 2.33. The first-order chi connectivity index (χ1) is 12.8. The molecule has 0 aromatic heterocycles. The van der Waals surface area contributed by atoms with Crippen LogP contribution in [0, 0.1) is 11.8 Å². The SMILES string of the molecule is CC#CCOc1ccc(S(=O)(=O)C(CCCCNC(=O)CN)C(=O)O)cc1. The molecule has 9 heteroatoms. The summed E-state index contributed by atoms with van der Waals surface area (Å²) in [6, 6.07) is 5.57. The van der Waals surface area contributed by atoms with E-state index in [9.17, 15) is 23.1 Å². The Kier molecular flexibility index (Phi) is 9.33. The van der Waals surface area contributed by atoms with Gasteiger partial charge >= 0.3 is 5.97 Å². The van der Waals surface area contributed by atoms with Crippen molar-refractivity contribution >= 4 is 21.7 Å². The van der Waals surface area contributed by atoms with Crippen LogP contribution in [0.2, 0.25) is 0 Å². The monoisotopic (exact) mass is 396 g/mol. The van der Waals surface area contributed by atoms with Crippen LogP contribution in [-0.2, 0) is 19.4 Å². The molecule has 1 amide bonds. The van der Waals surface area contributed by atoms with E-state index in [1.54, 1.807) is 6.92 Å². The number of aliphatic carboxylic acids is 1. The second-order valence-corrected chi connectivity index (χ2v) is 7.74. The third kappa shape index (κ3) is 7.29. The van der Waals surface area contributed by atoms with Crippen LogP contribution in [0.4, 0.5) is 0 Å². The van der Waals surface area contributed by atoms with Gasteiger partial charge in [0.15, 0.2) is 15.1 Å². The number of unbranched alkanes of at least 4 members (excludes halogenated alkanes) is 1. The van der Waals surface area contributed by atoms with E-state index in [2.05, 4.69) is 17.2 Å². The summed E-state index contributed by atoms with van der Waals surface area (Å²) in [4.78, 5) is 22.4. The predicted molar refractivity (Wildman–Crippen MR) is 99.9 cm³/mol. The van der Waals surface area contributed by atoms with Gasteiger partial charge in [0, 0.05) is 6.54 Å². The normalized spacial score (nSPS) is 11.8. The molecular formula is C18H24N2O6S. The molecule has 0 heterocycles. The number of hydrogen-bond acceptors (Lipinski definition) is 6. The third-order valence-electron chi connectivity index (χ3n) is 3.69.